The SMILES string of the molecule is CCOc1ccc(NC(=O)COC(=O)CCCOc2ccccc2OCC)cc1OCC. The number of amides is 1. The van der Waals surface area contributed by atoms with Crippen molar-refractivity contribution in [3.05, 3.63) is 42.5 Å². The van der Waals surface area contributed by atoms with Gasteiger partial charge in [-0.3, -0.25) is 9.59 Å². The van der Waals surface area contributed by atoms with Crippen LogP contribution in [0, 0.1) is 0 Å². The zero-order valence-electron chi connectivity index (χ0n) is 18.8. The van der Waals surface area contributed by atoms with Crippen molar-refractivity contribution in [2.75, 3.05) is 38.4 Å². The van der Waals surface area contributed by atoms with Gasteiger partial charge in [-0.05, 0) is 51.5 Å². The largest absolute Gasteiger partial charge is 0.490 e. The molecule has 0 saturated heterocycles. The number of esters is 1. The van der Waals surface area contributed by atoms with Crippen LogP contribution >= 0.6 is 0 Å². The van der Waals surface area contributed by atoms with Gasteiger partial charge in [-0.2, -0.15) is 0 Å². The first-order valence-electron chi connectivity index (χ1n) is 10.8. The molecule has 2 aromatic rings. The quantitative estimate of drug-likeness (QED) is 0.344. The van der Waals surface area contributed by atoms with Crippen LogP contribution in [0.5, 0.6) is 23.0 Å². The minimum Gasteiger partial charge on any atom is -0.490 e. The van der Waals surface area contributed by atoms with E-state index in [-0.39, 0.29) is 13.0 Å². The van der Waals surface area contributed by atoms with Crippen LogP contribution in [-0.4, -0.2) is 44.9 Å². The van der Waals surface area contributed by atoms with Crippen LogP contribution in [0.25, 0.3) is 0 Å². The molecule has 0 fully saturated rings. The fraction of sp³-hybridized carbons (Fsp3) is 0.417. The molecule has 8 heteroatoms. The Morgan fingerprint density at radius 3 is 2.03 bits per heavy atom. The van der Waals surface area contributed by atoms with E-state index in [1.54, 1.807) is 18.2 Å². The van der Waals surface area contributed by atoms with Gasteiger partial charge in [-0.1, -0.05) is 12.1 Å². The normalized spacial score (nSPS) is 10.2. The topological polar surface area (TPSA) is 92.3 Å². The second kappa shape index (κ2) is 13.8. The highest BCUT2D eigenvalue weighted by molar-refractivity contribution is 5.93. The maximum Gasteiger partial charge on any atom is 0.306 e. The molecule has 2 rings (SSSR count). The lowest BCUT2D eigenvalue weighted by Gasteiger charge is -2.13. The predicted octanol–water partition coefficient (Wildman–Crippen LogP) is 4.22. The molecule has 0 saturated carbocycles. The van der Waals surface area contributed by atoms with Crippen molar-refractivity contribution in [1.82, 2.24) is 0 Å². The second-order valence-electron chi connectivity index (χ2n) is 6.57. The lowest BCUT2D eigenvalue weighted by Crippen LogP contribution is -2.21. The van der Waals surface area contributed by atoms with Crippen LogP contribution in [0.3, 0.4) is 0 Å². The summed E-state index contributed by atoms with van der Waals surface area (Å²) in [4.78, 5) is 24.0. The molecule has 0 unspecified atom stereocenters. The molecule has 8 nitrogen and oxygen atoms in total. The van der Waals surface area contributed by atoms with E-state index in [4.69, 9.17) is 23.7 Å². The second-order valence-corrected chi connectivity index (χ2v) is 6.57. The summed E-state index contributed by atoms with van der Waals surface area (Å²) in [5.41, 5.74) is 0.527. The van der Waals surface area contributed by atoms with Crippen molar-refractivity contribution in [2.24, 2.45) is 0 Å². The Bertz CT molecular complexity index is 869. The molecular formula is C24H31NO7. The van der Waals surface area contributed by atoms with E-state index in [2.05, 4.69) is 5.32 Å². The summed E-state index contributed by atoms with van der Waals surface area (Å²) >= 11 is 0. The molecule has 32 heavy (non-hydrogen) atoms. The molecular weight excluding hydrogens is 414 g/mol. The standard InChI is InChI=1S/C24H31NO7/c1-4-28-19-10-7-8-11-20(19)31-15-9-12-24(27)32-17-23(26)25-18-13-14-21(29-5-2)22(16-18)30-6-3/h7-8,10-11,13-14,16H,4-6,9,12,15,17H2,1-3H3,(H,25,26). The smallest absolute Gasteiger partial charge is 0.306 e. The number of para-hydroxylation sites is 2. The van der Waals surface area contributed by atoms with Crippen LogP contribution in [0.15, 0.2) is 42.5 Å². The van der Waals surface area contributed by atoms with Gasteiger partial charge in [-0.15, -0.1) is 0 Å². The van der Waals surface area contributed by atoms with Gasteiger partial charge in [0.2, 0.25) is 0 Å². The number of nitrogens with one attached hydrogen (secondary N) is 1. The Morgan fingerprint density at radius 2 is 1.38 bits per heavy atom. The Hall–Kier alpha value is -3.42. The molecule has 0 bridgehead atoms. The van der Waals surface area contributed by atoms with Crippen molar-refractivity contribution in [3.8, 4) is 23.0 Å². The molecule has 2 aromatic carbocycles. The summed E-state index contributed by atoms with van der Waals surface area (Å²) in [5, 5.41) is 2.68. The first-order chi connectivity index (χ1) is 15.6. The third-order valence-corrected chi connectivity index (χ3v) is 4.12. The van der Waals surface area contributed by atoms with Crippen LogP contribution in [0.1, 0.15) is 33.6 Å². The van der Waals surface area contributed by atoms with Gasteiger partial charge in [0.05, 0.1) is 26.4 Å². The van der Waals surface area contributed by atoms with Gasteiger partial charge in [0.15, 0.2) is 29.6 Å². The van der Waals surface area contributed by atoms with E-state index in [0.29, 0.717) is 61.5 Å². The Labute approximate surface area is 188 Å². The Kier molecular flexibility index (Phi) is 10.7. The Balaban J connectivity index is 1.72. The van der Waals surface area contributed by atoms with Gasteiger partial charge >= 0.3 is 5.97 Å². The number of hydrogen-bond donors (Lipinski definition) is 1. The van der Waals surface area contributed by atoms with Gasteiger partial charge in [-0.25, -0.2) is 0 Å². The third-order valence-electron chi connectivity index (χ3n) is 4.12. The van der Waals surface area contributed by atoms with E-state index in [0.717, 1.165) is 0 Å². The zero-order chi connectivity index (χ0) is 23.2. The summed E-state index contributed by atoms with van der Waals surface area (Å²) in [5.74, 6) is 1.52. The van der Waals surface area contributed by atoms with Crippen LogP contribution in [0.4, 0.5) is 5.69 Å². The fourth-order valence-electron chi connectivity index (χ4n) is 2.79. The average Bonchev–Trinajstić information content (AvgIpc) is 2.78. The van der Waals surface area contributed by atoms with E-state index < -0.39 is 11.9 Å². The molecule has 1 amide bonds. The molecule has 0 aliphatic rings. The number of carbonyl (C=O) groups is 2. The molecule has 0 radical (unpaired) electrons. The number of ether oxygens (including phenoxy) is 5. The molecule has 0 atom stereocenters. The number of anilines is 1. The highest BCUT2D eigenvalue weighted by Gasteiger charge is 2.11. The predicted molar refractivity (Wildman–Crippen MR) is 121 cm³/mol. The van der Waals surface area contributed by atoms with Gasteiger partial charge in [0.25, 0.3) is 5.91 Å². The zero-order valence-corrected chi connectivity index (χ0v) is 18.8. The Morgan fingerprint density at radius 1 is 0.781 bits per heavy atom. The van der Waals surface area contributed by atoms with Crippen molar-refractivity contribution in [2.45, 2.75) is 33.6 Å². The molecule has 1 N–H and O–H groups in total. The van der Waals surface area contributed by atoms with Crippen molar-refractivity contribution >= 4 is 17.6 Å². The summed E-state index contributed by atoms with van der Waals surface area (Å²) < 4.78 is 27.2. The van der Waals surface area contributed by atoms with Crippen molar-refractivity contribution < 1.29 is 33.3 Å². The van der Waals surface area contributed by atoms with Crippen LogP contribution in [-0.2, 0) is 14.3 Å². The minimum atomic E-state index is -0.469. The van der Waals surface area contributed by atoms with Crippen molar-refractivity contribution in [1.29, 1.82) is 0 Å². The van der Waals surface area contributed by atoms with E-state index in [9.17, 15) is 9.59 Å². The van der Waals surface area contributed by atoms with Gasteiger partial charge in [0.1, 0.15) is 0 Å². The number of carbonyl (C=O) groups excluding carboxylic acids is 2. The molecule has 0 heterocycles. The monoisotopic (exact) mass is 445 g/mol. The van der Waals surface area contributed by atoms with Crippen LogP contribution < -0.4 is 24.3 Å². The summed E-state index contributed by atoms with van der Waals surface area (Å²) in [6.07, 6.45) is 0.596. The first-order valence-corrected chi connectivity index (χ1v) is 10.8. The van der Waals surface area contributed by atoms with E-state index >= 15 is 0 Å². The van der Waals surface area contributed by atoms with E-state index in [1.165, 1.54) is 0 Å². The number of hydrogen-bond acceptors (Lipinski definition) is 7. The highest BCUT2D eigenvalue weighted by Crippen LogP contribution is 2.30. The van der Waals surface area contributed by atoms with E-state index in [1.807, 2.05) is 45.0 Å². The van der Waals surface area contributed by atoms with Gasteiger partial charge in [0, 0.05) is 18.2 Å². The van der Waals surface area contributed by atoms with Crippen LogP contribution in [0.2, 0.25) is 0 Å². The number of rotatable bonds is 14. The molecule has 0 aliphatic carbocycles. The fourth-order valence-corrected chi connectivity index (χ4v) is 2.79. The summed E-state index contributed by atoms with van der Waals surface area (Å²) in [6.45, 7) is 7.12. The number of benzene rings is 2. The maximum absolute atomic E-state index is 12.1. The minimum absolute atomic E-state index is 0.140. The maximum atomic E-state index is 12.1. The van der Waals surface area contributed by atoms with Gasteiger partial charge < -0.3 is 29.0 Å². The molecule has 0 aromatic heterocycles. The third kappa shape index (κ3) is 8.37. The molecule has 174 valence electrons. The lowest BCUT2D eigenvalue weighted by atomic mass is 10.2. The van der Waals surface area contributed by atoms with Crippen molar-refractivity contribution in [3.63, 3.8) is 0 Å². The summed E-state index contributed by atoms with van der Waals surface area (Å²) in [6, 6.07) is 12.5. The molecule has 0 aliphatic heterocycles. The average molecular weight is 446 g/mol. The lowest BCUT2D eigenvalue weighted by molar-refractivity contribution is -0.147. The highest BCUT2D eigenvalue weighted by atomic mass is 16.5. The first kappa shape index (κ1) is 24.8. The summed E-state index contributed by atoms with van der Waals surface area (Å²) in [7, 11) is 0. The molecule has 0 spiro atoms.